The van der Waals surface area contributed by atoms with Crippen LogP contribution in [0.3, 0.4) is 0 Å². The van der Waals surface area contributed by atoms with Crippen molar-refractivity contribution in [3.8, 4) is 11.5 Å². The van der Waals surface area contributed by atoms with Gasteiger partial charge in [0.05, 0.1) is 27.4 Å². The Morgan fingerprint density at radius 2 is 1.95 bits per heavy atom. The van der Waals surface area contributed by atoms with E-state index >= 15 is 0 Å². The molecular formula is C16H25NO3. The first-order chi connectivity index (χ1) is 9.56. The van der Waals surface area contributed by atoms with Gasteiger partial charge in [-0.3, -0.25) is 0 Å². The van der Waals surface area contributed by atoms with Crippen molar-refractivity contribution in [2.75, 3.05) is 34.0 Å². The summed E-state index contributed by atoms with van der Waals surface area (Å²) in [5.74, 6) is 1.56. The Hall–Kier alpha value is -1.26. The fraction of sp³-hybridized carbons (Fsp3) is 0.625. The molecule has 1 aromatic carbocycles. The lowest BCUT2D eigenvalue weighted by Crippen LogP contribution is -2.49. The van der Waals surface area contributed by atoms with Crippen molar-refractivity contribution in [2.24, 2.45) is 5.41 Å². The topological polar surface area (TPSA) is 39.7 Å². The molecule has 1 fully saturated rings. The van der Waals surface area contributed by atoms with Crippen LogP contribution in [0, 0.1) is 5.41 Å². The third-order valence-corrected chi connectivity index (χ3v) is 3.77. The van der Waals surface area contributed by atoms with Gasteiger partial charge in [0.1, 0.15) is 0 Å². The fourth-order valence-electron chi connectivity index (χ4n) is 2.41. The molecule has 1 aliphatic heterocycles. The zero-order valence-corrected chi connectivity index (χ0v) is 12.9. The molecule has 0 bridgehead atoms. The van der Waals surface area contributed by atoms with Crippen molar-refractivity contribution < 1.29 is 14.2 Å². The molecule has 1 N–H and O–H groups in total. The zero-order chi connectivity index (χ0) is 14.6. The van der Waals surface area contributed by atoms with E-state index in [9.17, 15) is 0 Å². The molecule has 1 aliphatic rings. The van der Waals surface area contributed by atoms with Crippen LogP contribution in [0.25, 0.3) is 0 Å². The Labute approximate surface area is 121 Å². The van der Waals surface area contributed by atoms with Gasteiger partial charge in [-0.1, -0.05) is 13.0 Å². The van der Waals surface area contributed by atoms with Gasteiger partial charge in [0.25, 0.3) is 0 Å². The molecule has 0 spiro atoms. The van der Waals surface area contributed by atoms with E-state index < -0.39 is 0 Å². The van der Waals surface area contributed by atoms with Crippen molar-refractivity contribution in [3.05, 3.63) is 23.8 Å². The van der Waals surface area contributed by atoms with Crippen molar-refractivity contribution in [3.63, 3.8) is 0 Å². The van der Waals surface area contributed by atoms with E-state index in [2.05, 4.69) is 25.2 Å². The summed E-state index contributed by atoms with van der Waals surface area (Å²) in [6, 6.07) is 6.52. The Bertz CT molecular complexity index is 443. The largest absolute Gasteiger partial charge is 0.493 e. The summed E-state index contributed by atoms with van der Waals surface area (Å²) in [5.41, 5.74) is 1.56. The van der Waals surface area contributed by atoms with E-state index in [0.29, 0.717) is 11.5 Å². The molecule has 20 heavy (non-hydrogen) atoms. The van der Waals surface area contributed by atoms with E-state index in [1.165, 1.54) is 5.56 Å². The summed E-state index contributed by atoms with van der Waals surface area (Å²) in [5, 5.41) is 3.59. The van der Waals surface area contributed by atoms with Crippen LogP contribution in [-0.4, -0.2) is 40.0 Å². The van der Waals surface area contributed by atoms with Crippen LogP contribution >= 0.6 is 0 Å². The summed E-state index contributed by atoms with van der Waals surface area (Å²) < 4.78 is 15.9. The molecule has 0 aromatic heterocycles. The molecule has 2 rings (SSSR count). The van der Waals surface area contributed by atoms with Gasteiger partial charge in [0.15, 0.2) is 11.5 Å². The minimum absolute atomic E-state index is 0.311. The maximum atomic E-state index is 5.34. The lowest BCUT2D eigenvalue weighted by Gasteiger charge is -2.39. The van der Waals surface area contributed by atoms with E-state index in [-0.39, 0.29) is 0 Å². The predicted molar refractivity (Wildman–Crippen MR) is 79.6 cm³/mol. The fourth-order valence-corrected chi connectivity index (χ4v) is 2.41. The second-order valence-corrected chi connectivity index (χ2v) is 5.98. The SMILES string of the molecule is COc1ccc(CC(C)NCC2(C)COC2)cc1OC. The van der Waals surface area contributed by atoms with Crippen LogP contribution in [0.2, 0.25) is 0 Å². The summed E-state index contributed by atoms with van der Waals surface area (Å²) in [4.78, 5) is 0. The lowest BCUT2D eigenvalue weighted by atomic mass is 9.88. The molecule has 4 nitrogen and oxygen atoms in total. The average Bonchev–Trinajstić information content (AvgIpc) is 2.43. The monoisotopic (exact) mass is 279 g/mol. The van der Waals surface area contributed by atoms with Gasteiger partial charge in [-0.15, -0.1) is 0 Å². The molecule has 0 radical (unpaired) electrons. The second kappa shape index (κ2) is 6.46. The van der Waals surface area contributed by atoms with Gasteiger partial charge in [0.2, 0.25) is 0 Å². The van der Waals surface area contributed by atoms with E-state index in [4.69, 9.17) is 14.2 Å². The number of nitrogens with one attached hydrogen (secondary N) is 1. The van der Waals surface area contributed by atoms with Crippen LogP contribution in [0.15, 0.2) is 18.2 Å². The summed E-state index contributed by atoms with van der Waals surface area (Å²) in [7, 11) is 3.32. The Kier molecular flexibility index (Phi) is 4.89. The molecule has 1 atom stereocenters. The van der Waals surface area contributed by atoms with Crippen LogP contribution in [0.4, 0.5) is 0 Å². The van der Waals surface area contributed by atoms with Crippen molar-refractivity contribution in [1.82, 2.24) is 5.32 Å². The number of methoxy groups -OCH3 is 2. The van der Waals surface area contributed by atoms with Gasteiger partial charge < -0.3 is 19.5 Å². The normalized spacial score (nSPS) is 18.2. The number of hydrogen-bond donors (Lipinski definition) is 1. The molecule has 1 aromatic rings. The number of benzene rings is 1. The van der Waals surface area contributed by atoms with E-state index in [1.54, 1.807) is 14.2 Å². The lowest BCUT2D eigenvalue weighted by molar-refractivity contribution is -0.0998. The molecule has 0 saturated carbocycles. The van der Waals surface area contributed by atoms with E-state index in [0.717, 1.165) is 37.7 Å². The summed E-state index contributed by atoms with van der Waals surface area (Å²) in [6.07, 6.45) is 0.970. The molecule has 0 aliphatic carbocycles. The van der Waals surface area contributed by atoms with E-state index in [1.807, 2.05) is 12.1 Å². The average molecular weight is 279 g/mol. The van der Waals surface area contributed by atoms with Crippen LogP contribution in [-0.2, 0) is 11.2 Å². The second-order valence-electron chi connectivity index (χ2n) is 5.98. The summed E-state index contributed by atoms with van der Waals surface area (Å²) >= 11 is 0. The highest BCUT2D eigenvalue weighted by Gasteiger charge is 2.33. The van der Waals surface area contributed by atoms with Gasteiger partial charge in [-0.25, -0.2) is 0 Å². The first kappa shape index (κ1) is 15.1. The Morgan fingerprint density at radius 1 is 1.25 bits per heavy atom. The standard InChI is InChI=1S/C16H25NO3/c1-12(17-9-16(2)10-20-11-16)7-13-5-6-14(18-3)15(8-13)19-4/h5-6,8,12,17H,7,9-11H2,1-4H3. The summed E-state index contributed by atoms with van der Waals surface area (Å²) in [6.45, 7) is 7.19. The van der Waals surface area contributed by atoms with Crippen molar-refractivity contribution in [2.45, 2.75) is 26.3 Å². The third kappa shape index (κ3) is 3.64. The van der Waals surface area contributed by atoms with Crippen LogP contribution in [0.1, 0.15) is 19.4 Å². The smallest absolute Gasteiger partial charge is 0.160 e. The molecule has 1 saturated heterocycles. The van der Waals surface area contributed by atoms with Crippen LogP contribution < -0.4 is 14.8 Å². The van der Waals surface area contributed by atoms with Gasteiger partial charge in [-0.05, 0) is 31.0 Å². The third-order valence-electron chi connectivity index (χ3n) is 3.77. The molecular weight excluding hydrogens is 254 g/mol. The number of ether oxygens (including phenoxy) is 3. The molecule has 112 valence electrons. The Morgan fingerprint density at radius 3 is 2.50 bits per heavy atom. The Balaban J connectivity index is 1.88. The minimum atomic E-state index is 0.311. The predicted octanol–water partition coefficient (Wildman–Crippen LogP) is 2.26. The quantitative estimate of drug-likeness (QED) is 0.831. The molecule has 0 amide bonds. The number of hydrogen-bond acceptors (Lipinski definition) is 4. The molecule has 1 unspecified atom stereocenters. The highest BCUT2D eigenvalue weighted by molar-refractivity contribution is 5.43. The highest BCUT2D eigenvalue weighted by atomic mass is 16.5. The van der Waals surface area contributed by atoms with Crippen molar-refractivity contribution >= 4 is 0 Å². The molecule has 1 heterocycles. The highest BCUT2D eigenvalue weighted by Crippen LogP contribution is 2.28. The maximum absolute atomic E-state index is 5.34. The van der Waals surface area contributed by atoms with Gasteiger partial charge in [-0.2, -0.15) is 0 Å². The maximum Gasteiger partial charge on any atom is 0.160 e. The molecule has 4 heteroatoms. The van der Waals surface area contributed by atoms with Gasteiger partial charge >= 0.3 is 0 Å². The van der Waals surface area contributed by atoms with Crippen LogP contribution in [0.5, 0.6) is 11.5 Å². The van der Waals surface area contributed by atoms with Gasteiger partial charge in [0, 0.05) is 18.0 Å². The first-order valence-electron chi connectivity index (χ1n) is 7.08. The number of rotatable bonds is 7. The zero-order valence-electron chi connectivity index (χ0n) is 12.9. The minimum Gasteiger partial charge on any atom is -0.493 e. The first-order valence-corrected chi connectivity index (χ1v) is 7.08. The van der Waals surface area contributed by atoms with Crippen molar-refractivity contribution in [1.29, 1.82) is 0 Å².